The van der Waals surface area contributed by atoms with E-state index in [1.165, 1.54) is 0 Å². The summed E-state index contributed by atoms with van der Waals surface area (Å²) in [6.45, 7) is 2.71. The standard InChI is InChI=1S/C23H23ClN2O3/c24-20-9-5-16(6-10-20)12-21-13-25-22(29-21)19-2-1-11-26(15-19)14-17-3-7-18(8-4-17)23(27)28/h3-10,13,19H,1-2,11-12,14-15H2,(H,27,28). The van der Waals surface area contributed by atoms with Crippen molar-refractivity contribution in [1.29, 1.82) is 0 Å². The zero-order chi connectivity index (χ0) is 20.2. The van der Waals surface area contributed by atoms with Gasteiger partial charge in [-0.25, -0.2) is 9.78 Å². The van der Waals surface area contributed by atoms with Gasteiger partial charge in [-0.2, -0.15) is 0 Å². The number of halogens is 1. The van der Waals surface area contributed by atoms with Crippen molar-refractivity contribution < 1.29 is 14.3 Å². The molecular formula is C23H23ClN2O3. The van der Waals surface area contributed by atoms with E-state index >= 15 is 0 Å². The summed E-state index contributed by atoms with van der Waals surface area (Å²) < 4.78 is 6.06. The molecule has 1 atom stereocenters. The fraction of sp³-hybridized carbons (Fsp3) is 0.304. The highest BCUT2D eigenvalue weighted by Crippen LogP contribution is 2.28. The minimum absolute atomic E-state index is 0.279. The Morgan fingerprint density at radius 3 is 2.59 bits per heavy atom. The van der Waals surface area contributed by atoms with Crippen molar-refractivity contribution >= 4 is 17.6 Å². The Kier molecular flexibility index (Phi) is 5.97. The molecule has 0 amide bonds. The highest BCUT2D eigenvalue weighted by Gasteiger charge is 2.25. The molecule has 1 aliphatic rings. The van der Waals surface area contributed by atoms with Crippen molar-refractivity contribution in [2.24, 2.45) is 0 Å². The third kappa shape index (κ3) is 5.05. The van der Waals surface area contributed by atoms with Gasteiger partial charge >= 0.3 is 5.97 Å². The molecule has 0 radical (unpaired) electrons. The number of benzene rings is 2. The second-order valence-corrected chi connectivity index (χ2v) is 7.98. The monoisotopic (exact) mass is 410 g/mol. The van der Waals surface area contributed by atoms with Crippen LogP contribution >= 0.6 is 11.6 Å². The number of carbonyl (C=O) groups is 1. The summed E-state index contributed by atoms with van der Waals surface area (Å²) in [6.07, 6.45) is 4.69. The van der Waals surface area contributed by atoms with E-state index in [0.29, 0.717) is 12.0 Å². The van der Waals surface area contributed by atoms with Gasteiger partial charge in [-0.3, -0.25) is 4.90 Å². The molecule has 1 aliphatic heterocycles. The number of aromatic carboxylic acids is 1. The molecule has 4 rings (SSSR count). The van der Waals surface area contributed by atoms with Crippen LogP contribution in [-0.4, -0.2) is 34.0 Å². The Labute approximate surface area is 174 Å². The third-order valence-electron chi connectivity index (χ3n) is 5.32. The van der Waals surface area contributed by atoms with Crippen LogP contribution < -0.4 is 0 Å². The lowest BCUT2D eigenvalue weighted by Gasteiger charge is -2.31. The van der Waals surface area contributed by atoms with E-state index in [4.69, 9.17) is 21.1 Å². The molecule has 0 aliphatic carbocycles. The molecule has 0 saturated carbocycles. The summed E-state index contributed by atoms with van der Waals surface area (Å²) in [5.74, 6) is 1.05. The van der Waals surface area contributed by atoms with E-state index in [1.807, 2.05) is 42.6 Å². The van der Waals surface area contributed by atoms with Crippen LogP contribution in [0, 0.1) is 0 Å². The number of oxazole rings is 1. The van der Waals surface area contributed by atoms with Crippen molar-refractivity contribution in [2.75, 3.05) is 13.1 Å². The molecule has 29 heavy (non-hydrogen) atoms. The predicted molar refractivity (Wildman–Crippen MR) is 111 cm³/mol. The van der Waals surface area contributed by atoms with Gasteiger partial charge in [-0.1, -0.05) is 35.9 Å². The van der Waals surface area contributed by atoms with Crippen LogP contribution in [-0.2, 0) is 13.0 Å². The number of likely N-dealkylation sites (tertiary alicyclic amines) is 1. The van der Waals surface area contributed by atoms with Crippen LogP contribution in [0.5, 0.6) is 0 Å². The zero-order valence-electron chi connectivity index (χ0n) is 16.1. The van der Waals surface area contributed by atoms with Gasteiger partial charge < -0.3 is 9.52 Å². The molecule has 2 aromatic carbocycles. The molecule has 2 heterocycles. The number of piperidine rings is 1. The topological polar surface area (TPSA) is 66.6 Å². The summed E-state index contributed by atoms with van der Waals surface area (Å²) in [6, 6.07) is 14.9. The van der Waals surface area contributed by atoms with Crippen LogP contribution in [0.2, 0.25) is 5.02 Å². The van der Waals surface area contributed by atoms with Gasteiger partial charge in [0, 0.05) is 30.5 Å². The van der Waals surface area contributed by atoms with Crippen LogP contribution in [0.4, 0.5) is 0 Å². The molecule has 0 spiro atoms. The fourth-order valence-electron chi connectivity index (χ4n) is 3.81. The Balaban J connectivity index is 1.37. The van der Waals surface area contributed by atoms with Crippen molar-refractivity contribution in [3.63, 3.8) is 0 Å². The summed E-state index contributed by atoms with van der Waals surface area (Å²) in [5.41, 5.74) is 2.58. The smallest absolute Gasteiger partial charge is 0.335 e. The summed E-state index contributed by atoms with van der Waals surface area (Å²) >= 11 is 5.95. The fourth-order valence-corrected chi connectivity index (χ4v) is 3.93. The largest absolute Gasteiger partial charge is 0.478 e. The lowest BCUT2D eigenvalue weighted by Crippen LogP contribution is -2.34. The summed E-state index contributed by atoms with van der Waals surface area (Å²) in [7, 11) is 0. The zero-order valence-corrected chi connectivity index (χ0v) is 16.8. The van der Waals surface area contributed by atoms with Crippen LogP contribution in [0.15, 0.2) is 59.1 Å². The molecule has 150 valence electrons. The van der Waals surface area contributed by atoms with Crippen LogP contribution in [0.25, 0.3) is 0 Å². The van der Waals surface area contributed by atoms with Crippen LogP contribution in [0.1, 0.15) is 51.9 Å². The lowest BCUT2D eigenvalue weighted by atomic mass is 9.97. The van der Waals surface area contributed by atoms with Gasteiger partial charge in [0.05, 0.1) is 11.8 Å². The maximum absolute atomic E-state index is 11.0. The Morgan fingerprint density at radius 2 is 1.86 bits per heavy atom. The van der Waals surface area contributed by atoms with Crippen molar-refractivity contribution in [1.82, 2.24) is 9.88 Å². The Bertz CT molecular complexity index is 967. The molecule has 1 fully saturated rings. The van der Waals surface area contributed by atoms with E-state index in [0.717, 1.165) is 60.3 Å². The van der Waals surface area contributed by atoms with E-state index < -0.39 is 5.97 Å². The predicted octanol–water partition coefficient (Wildman–Crippen LogP) is 5.00. The molecule has 1 unspecified atom stereocenters. The number of carboxylic acid groups (broad SMARTS) is 1. The first-order valence-electron chi connectivity index (χ1n) is 9.80. The average molecular weight is 411 g/mol. The first-order chi connectivity index (χ1) is 14.1. The first-order valence-corrected chi connectivity index (χ1v) is 10.2. The molecule has 1 aromatic heterocycles. The minimum atomic E-state index is -0.895. The second kappa shape index (κ2) is 8.80. The number of hydrogen-bond acceptors (Lipinski definition) is 4. The number of hydrogen-bond donors (Lipinski definition) is 1. The van der Waals surface area contributed by atoms with E-state index in [-0.39, 0.29) is 5.92 Å². The molecule has 3 aromatic rings. The van der Waals surface area contributed by atoms with Crippen LogP contribution in [0.3, 0.4) is 0 Å². The average Bonchev–Trinajstić information content (AvgIpc) is 3.19. The maximum Gasteiger partial charge on any atom is 0.335 e. The van der Waals surface area contributed by atoms with Gasteiger partial charge in [-0.05, 0) is 54.8 Å². The Morgan fingerprint density at radius 1 is 1.14 bits per heavy atom. The molecule has 5 nitrogen and oxygen atoms in total. The van der Waals surface area contributed by atoms with E-state index in [9.17, 15) is 4.79 Å². The molecule has 0 bridgehead atoms. The highest BCUT2D eigenvalue weighted by molar-refractivity contribution is 6.30. The maximum atomic E-state index is 11.0. The lowest BCUT2D eigenvalue weighted by molar-refractivity contribution is 0.0697. The second-order valence-electron chi connectivity index (χ2n) is 7.54. The normalized spacial score (nSPS) is 17.3. The minimum Gasteiger partial charge on any atom is -0.478 e. The third-order valence-corrected chi connectivity index (χ3v) is 5.58. The summed E-state index contributed by atoms with van der Waals surface area (Å²) in [5, 5.41) is 9.76. The highest BCUT2D eigenvalue weighted by atomic mass is 35.5. The van der Waals surface area contributed by atoms with Gasteiger partial charge in [0.2, 0.25) is 0 Å². The van der Waals surface area contributed by atoms with Gasteiger partial charge in [0.1, 0.15) is 5.76 Å². The van der Waals surface area contributed by atoms with Crippen molar-refractivity contribution in [3.8, 4) is 0 Å². The molecule has 1 N–H and O–H groups in total. The number of nitrogens with zero attached hydrogens (tertiary/aromatic N) is 2. The summed E-state index contributed by atoms with van der Waals surface area (Å²) in [4.78, 5) is 17.9. The quantitative estimate of drug-likeness (QED) is 0.619. The SMILES string of the molecule is O=C(O)c1ccc(CN2CCCC(c3ncc(Cc4ccc(Cl)cc4)o3)C2)cc1. The Hall–Kier alpha value is -2.63. The number of aromatic nitrogens is 1. The van der Waals surface area contributed by atoms with Gasteiger partial charge in [0.15, 0.2) is 5.89 Å². The van der Waals surface area contributed by atoms with Gasteiger partial charge in [-0.15, -0.1) is 0 Å². The van der Waals surface area contributed by atoms with Crippen molar-refractivity contribution in [3.05, 3.63) is 88.1 Å². The van der Waals surface area contributed by atoms with Gasteiger partial charge in [0.25, 0.3) is 0 Å². The number of carboxylic acids is 1. The number of rotatable bonds is 6. The molecular weight excluding hydrogens is 388 g/mol. The van der Waals surface area contributed by atoms with Crippen molar-refractivity contribution in [2.45, 2.75) is 31.7 Å². The first kappa shape index (κ1) is 19.7. The molecule has 6 heteroatoms. The van der Waals surface area contributed by atoms with E-state index in [1.54, 1.807) is 12.1 Å². The van der Waals surface area contributed by atoms with E-state index in [2.05, 4.69) is 9.88 Å². The molecule has 1 saturated heterocycles.